The first-order valence-electron chi connectivity index (χ1n) is 4.81. The molecule has 0 radical (unpaired) electrons. The van der Waals surface area contributed by atoms with E-state index < -0.39 is 0 Å². The fraction of sp³-hybridized carbons (Fsp3) is 0.0833. The second-order valence-electron chi connectivity index (χ2n) is 3.48. The SMILES string of the molecule is Cc1ccc(Cl)c(Oc2ncc(Br)cc2Cl)c1. The van der Waals surface area contributed by atoms with Crippen LogP contribution in [0.25, 0.3) is 0 Å². The van der Waals surface area contributed by atoms with E-state index in [9.17, 15) is 0 Å². The first kappa shape index (κ1) is 12.7. The van der Waals surface area contributed by atoms with Crippen molar-refractivity contribution in [2.75, 3.05) is 0 Å². The maximum absolute atomic E-state index is 6.02. The highest BCUT2D eigenvalue weighted by Gasteiger charge is 2.08. The second-order valence-corrected chi connectivity index (χ2v) is 5.21. The minimum Gasteiger partial charge on any atom is -0.436 e. The Labute approximate surface area is 118 Å². The number of hydrogen-bond acceptors (Lipinski definition) is 2. The molecular formula is C12H8BrCl2NO. The molecule has 88 valence electrons. The topological polar surface area (TPSA) is 22.1 Å². The Morgan fingerprint density at radius 3 is 2.65 bits per heavy atom. The van der Waals surface area contributed by atoms with Crippen LogP contribution in [0.3, 0.4) is 0 Å². The lowest BCUT2D eigenvalue weighted by molar-refractivity contribution is 0.463. The van der Waals surface area contributed by atoms with Crippen LogP contribution in [0.2, 0.25) is 10.0 Å². The number of benzene rings is 1. The normalized spacial score (nSPS) is 10.4. The summed E-state index contributed by atoms with van der Waals surface area (Å²) in [5.74, 6) is 0.880. The van der Waals surface area contributed by atoms with Crippen LogP contribution in [0.15, 0.2) is 34.9 Å². The molecule has 0 spiro atoms. The third-order valence-electron chi connectivity index (χ3n) is 2.07. The van der Waals surface area contributed by atoms with Gasteiger partial charge in [-0.25, -0.2) is 4.98 Å². The molecule has 17 heavy (non-hydrogen) atoms. The number of pyridine rings is 1. The molecule has 2 rings (SSSR count). The third-order valence-corrected chi connectivity index (χ3v) is 3.08. The number of halogens is 3. The van der Waals surface area contributed by atoms with Crippen LogP contribution >= 0.6 is 39.1 Å². The number of aryl methyl sites for hydroxylation is 1. The van der Waals surface area contributed by atoms with Gasteiger partial charge in [0.2, 0.25) is 5.88 Å². The van der Waals surface area contributed by atoms with Gasteiger partial charge in [0.1, 0.15) is 10.8 Å². The molecule has 0 aliphatic rings. The van der Waals surface area contributed by atoms with Gasteiger partial charge >= 0.3 is 0 Å². The maximum atomic E-state index is 6.02. The Kier molecular flexibility index (Phi) is 3.92. The fourth-order valence-electron chi connectivity index (χ4n) is 1.27. The summed E-state index contributed by atoms with van der Waals surface area (Å²) in [6.07, 6.45) is 1.62. The van der Waals surface area contributed by atoms with E-state index in [1.807, 2.05) is 19.1 Å². The van der Waals surface area contributed by atoms with E-state index in [0.29, 0.717) is 21.7 Å². The van der Waals surface area contributed by atoms with Crippen molar-refractivity contribution < 1.29 is 4.74 Å². The van der Waals surface area contributed by atoms with Gasteiger partial charge in [-0.15, -0.1) is 0 Å². The van der Waals surface area contributed by atoms with Crippen molar-refractivity contribution >= 4 is 39.1 Å². The highest BCUT2D eigenvalue weighted by atomic mass is 79.9. The van der Waals surface area contributed by atoms with Crippen LogP contribution in [0.4, 0.5) is 0 Å². The molecule has 2 nitrogen and oxygen atoms in total. The van der Waals surface area contributed by atoms with E-state index in [0.717, 1.165) is 10.0 Å². The van der Waals surface area contributed by atoms with Crippen LogP contribution < -0.4 is 4.74 Å². The summed E-state index contributed by atoms with van der Waals surface area (Å²) < 4.78 is 6.38. The minimum absolute atomic E-state index is 0.336. The zero-order valence-electron chi connectivity index (χ0n) is 8.88. The van der Waals surface area contributed by atoms with Gasteiger partial charge in [-0.2, -0.15) is 0 Å². The zero-order chi connectivity index (χ0) is 12.4. The van der Waals surface area contributed by atoms with E-state index in [4.69, 9.17) is 27.9 Å². The van der Waals surface area contributed by atoms with Gasteiger partial charge in [-0.1, -0.05) is 29.3 Å². The van der Waals surface area contributed by atoms with Crippen molar-refractivity contribution in [2.24, 2.45) is 0 Å². The Bertz CT molecular complexity index is 560. The predicted molar refractivity (Wildman–Crippen MR) is 73.2 cm³/mol. The molecule has 0 bridgehead atoms. The van der Waals surface area contributed by atoms with Crippen molar-refractivity contribution in [3.8, 4) is 11.6 Å². The van der Waals surface area contributed by atoms with Crippen LogP contribution in [-0.4, -0.2) is 4.98 Å². The first-order chi connectivity index (χ1) is 8.06. The summed E-state index contributed by atoms with van der Waals surface area (Å²) in [7, 11) is 0. The highest BCUT2D eigenvalue weighted by Crippen LogP contribution is 2.33. The smallest absolute Gasteiger partial charge is 0.238 e. The molecule has 0 saturated carbocycles. The minimum atomic E-state index is 0.336. The number of ether oxygens (including phenoxy) is 1. The molecule has 1 aromatic carbocycles. The summed E-state index contributed by atoms with van der Waals surface area (Å²) in [5, 5.41) is 0.952. The van der Waals surface area contributed by atoms with E-state index in [1.165, 1.54) is 0 Å². The maximum Gasteiger partial charge on any atom is 0.238 e. The van der Waals surface area contributed by atoms with Gasteiger partial charge in [0.25, 0.3) is 0 Å². The Morgan fingerprint density at radius 1 is 1.18 bits per heavy atom. The quantitative estimate of drug-likeness (QED) is 0.749. The molecule has 0 N–H and O–H groups in total. The van der Waals surface area contributed by atoms with Crippen molar-refractivity contribution in [1.82, 2.24) is 4.98 Å². The number of hydrogen-bond donors (Lipinski definition) is 0. The number of aromatic nitrogens is 1. The van der Waals surface area contributed by atoms with E-state index >= 15 is 0 Å². The summed E-state index contributed by atoms with van der Waals surface area (Å²) in [6.45, 7) is 1.96. The standard InChI is InChI=1S/C12H8BrCl2NO/c1-7-2-3-9(14)11(4-7)17-12-10(15)5-8(13)6-16-12/h2-6H,1H3. The monoisotopic (exact) mass is 331 g/mol. The summed E-state index contributed by atoms with van der Waals surface area (Å²) in [4.78, 5) is 4.08. The lowest BCUT2D eigenvalue weighted by Crippen LogP contribution is -1.90. The molecule has 0 saturated heterocycles. The van der Waals surface area contributed by atoms with E-state index in [1.54, 1.807) is 18.3 Å². The highest BCUT2D eigenvalue weighted by molar-refractivity contribution is 9.10. The molecular weight excluding hydrogens is 325 g/mol. The van der Waals surface area contributed by atoms with Gasteiger partial charge < -0.3 is 4.74 Å². The summed E-state index contributed by atoms with van der Waals surface area (Å²) in [6, 6.07) is 7.24. The van der Waals surface area contributed by atoms with Crippen molar-refractivity contribution in [3.63, 3.8) is 0 Å². The molecule has 0 aliphatic carbocycles. The number of nitrogens with zero attached hydrogens (tertiary/aromatic N) is 1. The largest absolute Gasteiger partial charge is 0.436 e. The van der Waals surface area contributed by atoms with Crippen molar-refractivity contribution in [3.05, 3.63) is 50.5 Å². The molecule has 0 atom stereocenters. The van der Waals surface area contributed by atoms with Crippen molar-refractivity contribution in [1.29, 1.82) is 0 Å². The second kappa shape index (κ2) is 5.25. The van der Waals surface area contributed by atoms with Gasteiger partial charge in [0.05, 0.1) is 5.02 Å². The van der Waals surface area contributed by atoms with Gasteiger partial charge in [-0.05, 0) is 46.6 Å². The van der Waals surface area contributed by atoms with Crippen LogP contribution in [0.1, 0.15) is 5.56 Å². The first-order valence-corrected chi connectivity index (χ1v) is 6.36. The molecule has 0 fully saturated rings. The molecule has 0 unspecified atom stereocenters. The molecule has 0 amide bonds. The number of rotatable bonds is 2. The Morgan fingerprint density at radius 2 is 1.94 bits per heavy atom. The molecule has 2 aromatic rings. The predicted octanol–water partition coefficient (Wildman–Crippen LogP) is 5.25. The molecule has 0 aliphatic heterocycles. The van der Waals surface area contributed by atoms with Crippen LogP contribution in [0.5, 0.6) is 11.6 Å². The lowest BCUT2D eigenvalue weighted by atomic mass is 10.2. The van der Waals surface area contributed by atoms with Gasteiger partial charge in [-0.3, -0.25) is 0 Å². The van der Waals surface area contributed by atoms with Crippen molar-refractivity contribution in [2.45, 2.75) is 6.92 Å². The van der Waals surface area contributed by atoms with E-state index in [-0.39, 0.29) is 0 Å². The summed E-state index contributed by atoms with van der Waals surface area (Å²) in [5.41, 5.74) is 1.05. The average Bonchev–Trinajstić information content (AvgIpc) is 2.27. The third kappa shape index (κ3) is 3.12. The van der Waals surface area contributed by atoms with Gasteiger partial charge in [0.15, 0.2) is 0 Å². The zero-order valence-corrected chi connectivity index (χ0v) is 12.0. The van der Waals surface area contributed by atoms with Gasteiger partial charge in [0, 0.05) is 10.7 Å². The molecule has 1 heterocycles. The summed E-state index contributed by atoms with van der Waals surface area (Å²) >= 11 is 15.3. The molecule has 5 heteroatoms. The molecule has 1 aromatic heterocycles. The lowest BCUT2D eigenvalue weighted by Gasteiger charge is -2.08. The van der Waals surface area contributed by atoms with Crippen LogP contribution in [-0.2, 0) is 0 Å². The Hall–Kier alpha value is -0.770. The average molecular weight is 333 g/mol. The van der Waals surface area contributed by atoms with Crippen LogP contribution in [0, 0.1) is 6.92 Å². The fourth-order valence-corrected chi connectivity index (χ4v) is 2.09. The van der Waals surface area contributed by atoms with E-state index in [2.05, 4.69) is 20.9 Å². The Balaban J connectivity index is 2.34.